The molecule has 1 heterocycles. The molecule has 0 saturated heterocycles. The Morgan fingerprint density at radius 2 is 1.92 bits per heavy atom. The number of hydrogen-bond acceptors (Lipinski definition) is 4. The molecule has 12 heavy (non-hydrogen) atoms. The summed E-state index contributed by atoms with van der Waals surface area (Å²) in [6.45, 7) is 0. The summed E-state index contributed by atoms with van der Waals surface area (Å²) in [5.74, 6) is -0.773. The standard InChI is InChI=1S/C7H6N2O3/c8-7(11)12-6(10)5-1-3-9-4-2-5/h1-4H,(H2,8,11). The zero-order valence-electron chi connectivity index (χ0n) is 6.06. The summed E-state index contributed by atoms with van der Waals surface area (Å²) in [4.78, 5) is 24.7. The summed E-state index contributed by atoms with van der Waals surface area (Å²) in [6.07, 6.45) is 1.71. The van der Waals surface area contributed by atoms with E-state index in [2.05, 4.69) is 15.5 Å². The Morgan fingerprint density at radius 1 is 1.33 bits per heavy atom. The van der Waals surface area contributed by atoms with Gasteiger partial charge in [0, 0.05) is 12.4 Å². The fourth-order valence-electron chi connectivity index (χ4n) is 0.638. The summed E-state index contributed by atoms with van der Waals surface area (Å²) in [7, 11) is 0. The number of amides is 1. The molecule has 1 aromatic heterocycles. The molecule has 2 N–H and O–H groups in total. The first kappa shape index (κ1) is 8.19. The second kappa shape index (κ2) is 3.47. The molecule has 1 aromatic rings. The van der Waals surface area contributed by atoms with E-state index in [0.29, 0.717) is 0 Å². The van der Waals surface area contributed by atoms with E-state index in [-0.39, 0.29) is 5.56 Å². The van der Waals surface area contributed by atoms with Crippen molar-refractivity contribution in [3.05, 3.63) is 30.1 Å². The lowest BCUT2D eigenvalue weighted by atomic mass is 10.3. The maximum Gasteiger partial charge on any atom is 0.412 e. The van der Waals surface area contributed by atoms with E-state index in [1.807, 2.05) is 0 Å². The summed E-state index contributed by atoms with van der Waals surface area (Å²) >= 11 is 0. The minimum absolute atomic E-state index is 0.240. The lowest BCUT2D eigenvalue weighted by molar-refractivity contribution is 0.0638. The number of carbonyl (C=O) groups excluding carboxylic acids is 2. The van der Waals surface area contributed by atoms with Crippen LogP contribution in [0.25, 0.3) is 0 Å². The fraction of sp³-hybridized carbons (Fsp3) is 0. The highest BCUT2D eigenvalue weighted by atomic mass is 16.6. The molecule has 0 bridgehead atoms. The summed E-state index contributed by atoms with van der Waals surface area (Å²) in [5, 5.41) is 0. The Morgan fingerprint density at radius 3 is 2.42 bits per heavy atom. The van der Waals surface area contributed by atoms with Crippen molar-refractivity contribution in [3.63, 3.8) is 0 Å². The highest BCUT2D eigenvalue weighted by Gasteiger charge is 2.08. The SMILES string of the molecule is NC(=O)OC(=O)c1ccncc1. The van der Waals surface area contributed by atoms with Gasteiger partial charge in [0.25, 0.3) is 0 Å². The molecule has 0 aliphatic heterocycles. The minimum atomic E-state index is -1.11. The van der Waals surface area contributed by atoms with Gasteiger partial charge in [0.05, 0.1) is 5.56 Å². The fourth-order valence-corrected chi connectivity index (χ4v) is 0.638. The van der Waals surface area contributed by atoms with Crippen LogP contribution in [0.2, 0.25) is 0 Å². The van der Waals surface area contributed by atoms with Crippen molar-refractivity contribution >= 4 is 12.1 Å². The van der Waals surface area contributed by atoms with Crippen molar-refractivity contribution < 1.29 is 14.3 Å². The molecular weight excluding hydrogens is 160 g/mol. The van der Waals surface area contributed by atoms with Gasteiger partial charge in [0.2, 0.25) is 0 Å². The van der Waals surface area contributed by atoms with Gasteiger partial charge in [-0.15, -0.1) is 0 Å². The third-order valence-electron chi connectivity index (χ3n) is 1.11. The van der Waals surface area contributed by atoms with Crippen LogP contribution in [0.5, 0.6) is 0 Å². The van der Waals surface area contributed by atoms with Gasteiger partial charge in [0.1, 0.15) is 0 Å². The first-order chi connectivity index (χ1) is 5.70. The smallest absolute Gasteiger partial charge is 0.373 e. The molecule has 1 amide bonds. The topological polar surface area (TPSA) is 82.3 Å². The molecule has 0 aliphatic carbocycles. The lowest BCUT2D eigenvalue weighted by Crippen LogP contribution is -2.18. The average molecular weight is 166 g/mol. The molecular formula is C7H6N2O3. The van der Waals surface area contributed by atoms with Crippen molar-refractivity contribution in [1.29, 1.82) is 0 Å². The largest absolute Gasteiger partial charge is 0.412 e. The van der Waals surface area contributed by atoms with Gasteiger partial charge in [-0.25, -0.2) is 9.59 Å². The third kappa shape index (κ3) is 2.05. The maximum atomic E-state index is 10.9. The van der Waals surface area contributed by atoms with Crippen molar-refractivity contribution in [2.24, 2.45) is 5.73 Å². The van der Waals surface area contributed by atoms with E-state index in [4.69, 9.17) is 0 Å². The number of carbonyl (C=O) groups is 2. The van der Waals surface area contributed by atoms with Crippen LogP contribution in [-0.4, -0.2) is 17.0 Å². The van der Waals surface area contributed by atoms with Gasteiger partial charge in [-0.3, -0.25) is 4.98 Å². The van der Waals surface area contributed by atoms with Crippen LogP contribution in [0.4, 0.5) is 4.79 Å². The van der Waals surface area contributed by atoms with Crippen LogP contribution in [0.1, 0.15) is 10.4 Å². The van der Waals surface area contributed by atoms with E-state index >= 15 is 0 Å². The zero-order chi connectivity index (χ0) is 8.97. The van der Waals surface area contributed by atoms with E-state index in [1.165, 1.54) is 24.5 Å². The monoisotopic (exact) mass is 166 g/mol. The second-order valence-electron chi connectivity index (χ2n) is 1.94. The summed E-state index contributed by atoms with van der Waals surface area (Å²) in [6, 6.07) is 2.84. The number of rotatable bonds is 1. The van der Waals surface area contributed by atoms with Crippen LogP contribution >= 0.6 is 0 Å². The number of primary amides is 1. The minimum Gasteiger partial charge on any atom is -0.373 e. The van der Waals surface area contributed by atoms with Crippen molar-refractivity contribution in [1.82, 2.24) is 4.98 Å². The molecule has 0 saturated carbocycles. The Balaban J connectivity index is 2.73. The Bertz CT molecular complexity index is 297. The van der Waals surface area contributed by atoms with Gasteiger partial charge >= 0.3 is 12.1 Å². The summed E-state index contributed by atoms with van der Waals surface area (Å²) in [5.41, 5.74) is 4.87. The van der Waals surface area contributed by atoms with Gasteiger partial charge in [-0.1, -0.05) is 0 Å². The van der Waals surface area contributed by atoms with Crippen molar-refractivity contribution in [2.45, 2.75) is 0 Å². The molecule has 5 nitrogen and oxygen atoms in total. The number of nitrogens with zero attached hydrogens (tertiary/aromatic N) is 1. The van der Waals surface area contributed by atoms with Gasteiger partial charge in [0.15, 0.2) is 0 Å². The molecule has 1 rings (SSSR count). The maximum absolute atomic E-state index is 10.9. The molecule has 0 radical (unpaired) electrons. The summed E-state index contributed by atoms with van der Waals surface area (Å²) < 4.78 is 4.11. The van der Waals surface area contributed by atoms with E-state index in [1.54, 1.807) is 0 Å². The highest BCUT2D eigenvalue weighted by molar-refractivity contribution is 5.95. The van der Waals surface area contributed by atoms with E-state index in [0.717, 1.165) is 0 Å². The molecule has 0 aliphatic rings. The lowest BCUT2D eigenvalue weighted by Gasteiger charge is -1.97. The van der Waals surface area contributed by atoms with Crippen molar-refractivity contribution in [2.75, 3.05) is 0 Å². The molecule has 0 aromatic carbocycles. The Kier molecular flexibility index (Phi) is 2.37. The highest BCUT2D eigenvalue weighted by Crippen LogP contribution is 1.98. The zero-order valence-corrected chi connectivity index (χ0v) is 6.06. The Hall–Kier alpha value is -1.91. The molecule has 62 valence electrons. The predicted octanol–water partition coefficient (Wildman–Crippen LogP) is 0.317. The number of aromatic nitrogens is 1. The number of esters is 1. The van der Waals surface area contributed by atoms with Crippen LogP contribution < -0.4 is 5.73 Å². The van der Waals surface area contributed by atoms with E-state index < -0.39 is 12.1 Å². The molecule has 0 fully saturated rings. The molecule has 0 unspecified atom stereocenters. The number of hydrogen-bond donors (Lipinski definition) is 1. The van der Waals surface area contributed by atoms with Crippen LogP contribution in [0.3, 0.4) is 0 Å². The molecule has 0 atom stereocenters. The van der Waals surface area contributed by atoms with Gasteiger partial charge in [-0.05, 0) is 12.1 Å². The Labute approximate surface area is 68.2 Å². The van der Waals surface area contributed by atoms with Crippen molar-refractivity contribution in [3.8, 4) is 0 Å². The van der Waals surface area contributed by atoms with Crippen LogP contribution in [-0.2, 0) is 4.74 Å². The second-order valence-corrected chi connectivity index (χ2v) is 1.94. The normalized spacial score (nSPS) is 9.00. The van der Waals surface area contributed by atoms with E-state index in [9.17, 15) is 9.59 Å². The van der Waals surface area contributed by atoms with Gasteiger partial charge in [-0.2, -0.15) is 0 Å². The van der Waals surface area contributed by atoms with Gasteiger partial charge < -0.3 is 10.5 Å². The molecule has 5 heteroatoms. The number of ether oxygens (including phenoxy) is 1. The molecule has 0 spiro atoms. The average Bonchev–Trinajstić information content (AvgIpc) is 2.05. The first-order valence-electron chi connectivity index (χ1n) is 3.12. The number of pyridine rings is 1. The first-order valence-corrected chi connectivity index (χ1v) is 3.12. The predicted molar refractivity (Wildman–Crippen MR) is 39.2 cm³/mol. The quantitative estimate of drug-likeness (QED) is 0.481. The van der Waals surface area contributed by atoms with Crippen LogP contribution in [0, 0.1) is 0 Å². The number of nitrogens with two attached hydrogens (primary N) is 1. The van der Waals surface area contributed by atoms with Crippen LogP contribution in [0.15, 0.2) is 24.5 Å². The third-order valence-corrected chi connectivity index (χ3v) is 1.11.